The first-order chi connectivity index (χ1) is 19.9. The van der Waals surface area contributed by atoms with Crippen molar-refractivity contribution in [1.82, 2.24) is 9.21 Å². The van der Waals surface area contributed by atoms with Crippen molar-refractivity contribution < 1.29 is 50.2 Å². The molecule has 0 radical (unpaired) electrons. The highest BCUT2D eigenvalue weighted by molar-refractivity contribution is 7.99. The fourth-order valence-electron chi connectivity index (χ4n) is 4.70. The number of thioether (sulfide) groups is 1. The number of carboxylic acid groups (broad SMARTS) is 1. The van der Waals surface area contributed by atoms with E-state index in [0.717, 1.165) is 34.0 Å². The molecule has 10 nitrogen and oxygen atoms in total. The van der Waals surface area contributed by atoms with Crippen molar-refractivity contribution in [2.24, 2.45) is 5.92 Å². The number of benzene rings is 2. The first kappa shape index (κ1) is 31.7. The summed E-state index contributed by atoms with van der Waals surface area (Å²) >= 11 is 1.75. The zero-order valence-corrected chi connectivity index (χ0v) is 23.7. The Kier molecular flexibility index (Phi) is 10.1. The summed E-state index contributed by atoms with van der Waals surface area (Å²) in [5.74, 6) is -8.09. The van der Waals surface area contributed by atoms with Crippen LogP contribution in [0.15, 0.2) is 35.2 Å². The van der Waals surface area contributed by atoms with E-state index < -0.39 is 73.7 Å². The number of carbonyl (C=O) groups excluding carboxylic acids is 2. The van der Waals surface area contributed by atoms with E-state index in [2.05, 4.69) is 5.32 Å². The van der Waals surface area contributed by atoms with E-state index in [1.807, 2.05) is 4.90 Å². The number of hydrogen-bond donors (Lipinski definition) is 2. The summed E-state index contributed by atoms with van der Waals surface area (Å²) in [6.45, 7) is 0.891. The number of piperidine rings is 1. The maximum Gasteiger partial charge on any atom is 0.345 e. The quantitative estimate of drug-likeness (QED) is 0.243. The van der Waals surface area contributed by atoms with Crippen molar-refractivity contribution in [3.63, 3.8) is 0 Å². The lowest BCUT2D eigenvalue weighted by atomic mass is 9.92. The highest BCUT2D eigenvalue weighted by atomic mass is 32.2. The van der Waals surface area contributed by atoms with Gasteiger partial charge in [0.25, 0.3) is 5.91 Å². The molecular weight excluding hydrogens is 606 g/mol. The second kappa shape index (κ2) is 13.4. The van der Waals surface area contributed by atoms with Gasteiger partial charge in [-0.1, -0.05) is 0 Å². The predicted octanol–water partition coefficient (Wildman–Crippen LogP) is 2.94. The summed E-state index contributed by atoms with van der Waals surface area (Å²) in [5, 5.41) is 11.8. The van der Waals surface area contributed by atoms with E-state index in [9.17, 15) is 45.5 Å². The molecule has 0 bridgehead atoms. The molecule has 0 aromatic heterocycles. The minimum absolute atomic E-state index is 0.00726. The van der Waals surface area contributed by atoms with E-state index in [0.29, 0.717) is 25.2 Å². The molecular formula is C26H27F4N3O7S2. The van der Waals surface area contributed by atoms with Crippen LogP contribution in [0.4, 0.5) is 23.2 Å². The number of sulfonamides is 1. The molecule has 2 fully saturated rings. The molecule has 2 aromatic rings. The number of rotatable bonds is 9. The Morgan fingerprint density at radius 1 is 0.976 bits per heavy atom. The Morgan fingerprint density at radius 3 is 2.19 bits per heavy atom. The maximum absolute atomic E-state index is 14.7. The highest BCUT2D eigenvalue weighted by Crippen LogP contribution is 2.29. The van der Waals surface area contributed by atoms with Crippen LogP contribution in [0.3, 0.4) is 0 Å². The normalized spacial score (nSPS) is 17.9. The summed E-state index contributed by atoms with van der Waals surface area (Å²) in [4.78, 5) is 37.9. The van der Waals surface area contributed by atoms with Gasteiger partial charge < -0.3 is 15.2 Å². The number of nitrogens with one attached hydrogen (secondary N) is 1. The van der Waals surface area contributed by atoms with Crippen molar-refractivity contribution in [3.8, 4) is 0 Å². The summed E-state index contributed by atoms with van der Waals surface area (Å²) in [7, 11) is -4.51. The Morgan fingerprint density at radius 2 is 1.60 bits per heavy atom. The fraction of sp³-hybridized carbons (Fsp3) is 0.423. The molecule has 4 rings (SSSR count). The summed E-state index contributed by atoms with van der Waals surface area (Å²) < 4.78 is 87.6. The maximum atomic E-state index is 14.7. The molecule has 1 atom stereocenters. The molecule has 16 heteroatoms. The molecule has 2 aliphatic heterocycles. The zero-order chi connectivity index (χ0) is 30.6. The Balaban J connectivity index is 1.42. The lowest BCUT2D eigenvalue weighted by molar-refractivity contribution is -0.169. The largest absolute Gasteiger partial charge is 0.478 e. The number of halogens is 4. The molecule has 228 valence electrons. The van der Waals surface area contributed by atoms with Gasteiger partial charge in [0.1, 0.15) is 10.7 Å². The predicted molar refractivity (Wildman–Crippen MR) is 143 cm³/mol. The van der Waals surface area contributed by atoms with Gasteiger partial charge >= 0.3 is 11.9 Å². The van der Waals surface area contributed by atoms with Crippen LogP contribution in [0, 0.1) is 29.2 Å². The highest BCUT2D eigenvalue weighted by Gasteiger charge is 2.38. The van der Waals surface area contributed by atoms with Gasteiger partial charge in [-0.05, 0) is 31.0 Å². The van der Waals surface area contributed by atoms with Crippen molar-refractivity contribution >= 4 is 45.3 Å². The SMILES string of the molecule is O=C(CN1CCSCC1)OC(C(=O)O)C1CCN(S(=O)(=O)c2cc(C(=O)Nc3cc(F)c(F)c(F)c3)ccc2F)CC1. The van der Waals surface area contributed by atoms with E-state index in [-0.39, 0.29) is 38.0 Å². The van der Waals surface area contributed by atoms with Crippen LogP contribution in [0.1, 0.15) is 23.2 Å². The average Bonchev–Trinajstić information content (AvgIpc) is 2.95. The number of amides is 1. The zero-order valence-electron chi connectivity index (χ0n) is 22.0. The molecule has 1 unspecified atom stereocenters. The average molecular weight is 634 g/mol. The molecule has 1 amide bonds. The number of nitrogens with zero attached hydrogens (tertiary/aromatic N) is 2. The molecule has 42 heavy (non-hydrogen) atoms. The van der Waals surface area contributed by atoms with E-state index in [4.69, 9.17) is 4.74 Å². The molecule has 2 N–H and O–H groups in total. The van der Waals surface area contributed by atoms with Gasteiger partial charge in [-0.25, -0.2) is 30.8 Å². The Bertz CT molecular complexity index is 1440. The second-order valence-corrected chi connectivity index (χ2v) is 12.9. The van der Waals surface area contributed by atoms with Crippen molar-refractivity contribution in [3.05, 3.63) is 59.2 Å². The number of aliphatic carboxylic acids is 1. The Hall–Kier alpha value is -3.21. The molecule has 2 aromatic carbocycles. The van der Waals surface area contributed by atoms with Crippen LogP contribution < -0.4 is 5.32 Å². The van der Waals surface area contributed by atoms with Crippen molar-refractivity contribution in [2.75, 3.05) is 49.5 Å². The van der Waals surface area contributed by atoms with Gasteiger partial charge in [-0.3, -0.25) is 14.5 Å². The van der Waals surface area contributed by atoms with Crippen LogP contribution in [-0.4, -0.2) is 90.9 Å². The lowest BCUT2D eigenvalue weighted by Crippen LogP contribution is -2.46. The van der Waals surface area contributed by atoms with E-state index in [1.54, 1.807) is 11.8 Å². The van der Waals surface area contributed by atoms with Gasteiger partial charge in [-0.15, -0.1) is 0 Å². The van der Waals surface area contributed by atoms with Gasteiger partial charge in [0, 0.05) is 67.0 Å². The minimum Gasteiger partial charge on any atom is -0.478 e. The fourth-order valence-corrected chi connectivity index (χ4v) is 7.24. The summed E-state index contributed by atoms with van der Waals surface area (Å²) in [6, 6.07) is 3.50. The number of esters is 1. The van der Waals surface area contributed by atoms with Crippen LogP contribution in [0.5, 0.6) is 0 Å². The van der Waals surface area contributed by atoms with Gasteiger partial charge in [0.05, 0.1) is 6.54 Å². The summed E-state index contributed by atoms with van der Waals surface area (Å²) in [6.07, 6.45) is -1.47. The topological polar surface area (TPSA) is 133 Å². The third kappa shape index (κ3) is 7.40. The van der Waals surface area contributed by atoms with Crippen LogP contribution in [0.2, 0.25) is 0 Å². The molecule has 2 saturated heterocycles. The van der Waals surface area contributed by atoms with Crippen molar-refractivity contribution in [2.45, 2.75) is 23.8 Å². The number of anilines is 1. The molecule has 0 aliphatic carbocycles. The molecule has 2 aliphatic rings. The number of carboxylic acids is 1. The lowest BCUT2D eigenvalue weighted by Gasteiger charge is -2.34. The smallest absolute Gasteiger partial charge is 0.345 e. The van der Waals surface area contributed by atoms with Crippen LogP contribution in [0.25, 0.3) is 0 Å². The standard InChI is InChI=1S/C26H27F4N3O7S2/c27-18-2-1-16(25(35)31-17-12-19(28)23(30)20(29)13-17)11-21(18)42(38,39)33-5-3-15(4-6-33)24(26(36)37)40-22(34)14-32-7-9-41-10-8-32/h1-2,11-13,15,24H,3-10,14H2,(H,31,35)(H,36,37). The first-order valence-electron chi connectivity index (χ1n) is 12.8. The monoisotopic (exact) mass is 633 g/mol. The number of ether oxygens (including phenoxy) is 1. The van der Waals surface area contributed by atoms with Crippen molar-refractivity contribution in [1.29, 1.82) is 0 Å². The Labute approximate surface area is 243 Å². The molecule has 2 heterocycles. The van der Waals surface area contributed by atoms with Crippen LogP contribution >= 0.6 is 11.8 Å². The third-order valence-corrected chi connectivity index (χ3v) is 9.79. The number of carbonyl (C=O) groups is 3. The first-order valence-corrected chi connectivity index (χ1v) is 15.4. The molecule has 0 spiro atoms. The minimum atomic E-state index is -4.51. The van der Waals surface area contributed by atoms with Gasteiger partial charge in [0.2, 0.25) is 16.1 Å². The van der Waals surface area contributed by atoms with Gasteiger partial charge in [-0.2, -0.15) is 16.1 Å². The van der Waals surface area contributed by atoms with Gasteiger partial charge in [0.15, 0.2) is 17.5 Å². The second-order valence-electron chi connectivity index (χ2n) is 9.73. The summed E-state index contributed by atoms with van der Waals surface area (Å²) in [5.41, 5.74) is -0.809. The van der Waals surface area contributed by atoms with E-state index in [1.165, 1.54) is 0 Å². The molecule has 0 saturated carbocycles. The third-order valence-electron chi connectivity index (χ3n) is 6.94. The van der Waals surface area contributed by atoms with Crippen LogP contribution in [-0.2, 0) is 24.3 Å². The number of hydrogen-bond acceptors (Lipinski definition) is 8. The van der Waals surface area contributed by atoms with E-state index >= 15 is 0 Å².